The second-order valence-corrected chi connectivity index (χ2v) is 9.71. The van der Waals surface area contributed by atoms with Gasteiger partial charge in [-0.3, -0.25) is 9.79 Å². The van der Waals surface area contributed by atoms with Crippen LogP contribution in [0.15, 0.2) is 59.6 Å². The first-order valence-electron chi connectivity index (χ1n) is 10.8. The Labute approximate surface area is 178 Å². The van der Waals surface area contributed by atoms with Crippen molar-refractivity contribution < 1.29 is 4.79 Å². The van der Waals surface area contributed by atoms with E-state index in [9.17, 15) is 4.79 Å². The summed E-state index contributed by atoms with van der Waals surface area (Å²) in [6.45, 7) is 8.60. The highest BCUT2D eigenvalue weighted by Gasteiger charge is 2.44. The van der Waals surface area contributed by atoms with Gasteiger partial charge in [-0.2, -0.15) is 0 Å². The first-order chi connectivity index (χ1) is 14.3. The van der Waals surface area contributed by atoms with Gasteiger partial charge < -0.3 is 5.32 Å². The predicted octanol–water partition coefficient (Wildman–Crippen LogP) is 6.70. The number of Topliss-reactive ketones (excluding diaryl/α,β-unsaturated/α-hetero) is 1. The lowest BCUT2D eigenvalue weighted by Gasteiger charge is -2.37. The fraction of sp³-hybridized carbons (Fsp3) is 0.333. The normalized spacial score (nSPS) is 22.5. The van der Waals surface area contributed by atoms with Gasteiger partial charge in [-0.05, 0) is 65.3 Å². The van der Waals surface area contributed by atoms with Crippen molar-refractivity contribution in [1.82, 2.24) is 0 Å². The first kappa shape index (κ1) is 19.0. The van der Waals surface area contributed by atoms with E-state index in [4.69, 9.17) is 4.99 Å². The molecule has 0 bridgehead atoms. The number of fused-ring (bicyclic) bond motifs is 3. The summed E-state index contributed by atoms with van der Waals surface area (Å²) in [7, 11) is 0. The lowest BCUT2D eigenvalue weighted by molar-refractivity contribution is -0.124. The molecule has 5 rings (SSSR count). The van der Waals surface area contributed by atoms with E-state index < -0.39 is 0 Å². The standard InChI is InChI=1S/C27H28N2O/c1-16-12-21-22(13-17(16)2)29-26(20-11-7-9-18-8-5-6-10-19(18)20)25-23(28-21)14-27(3,4)15-24(25)30/h5-13,25-26,29H,14-15H2,1-4H3. The number of anilines is 1. The Morgan fingerprint density at radius 2 is 1.70 bits per heavy atom. The van der Waals surface area contributed by atoms with E-state index in [-0.39, 0.29) is 23.2 Å². The Morgan fingerprint density at radius 1 is 0.967 bits per heavy atom. The topological polar surface area (TPSA) is 41.5 Å². The van der Waals surface area contributed by atoms with Crippen molar-refractivity contribution in [1.29, 1.82) is 0 Å². The third-order valence-corrected chi connectivity index (χ3v) is 6.70. The van der Waals surface area contributed by atoms with Crippen molar-refractivity contribution in [2.45, 2.75) is 46.6 Å². The highest BCUT2D eigenvalue weighted by Crippen LogP contribution is 2.46. The third-order valence-electron chi connectivity index (χ3n) is 6.70. The van der Waals surface area contributed by atoms with Crippen LogP contribution >= 0.6 is 0 Å². The summed E-state index contributed by atoms with van der Waals surface area (Å²) < 4.78 is 0. The van der Waals surface area contributed by atoms with Crippen LogP contribution in [0.3, 0.4) is 0 Å². The minimum atomic E-state index is -0.239. The van der Waals surface area contributed by atoms with Gasteiger partial charge in [0.25, 0.3) is 0 Å². The van der Waals surface area contributed by atoms with Crippen molar-refractivity contribution in [3.05, 3.63) is 71.3 Å². The molecular weight excluding hydrogens is 368 g/mol. The van der Waals surface area contributed by atoms with E-state index in [0.717, 1.165) is 23.5 Å². The number of nitrogens with zero attached hydrogens (tertiary/aromatic N) is 1. The van der Waals surface area contributed by atoms with Crippen LogP contribution in [0.5, 0.6) is 0 Å². The fourth-order valence-electron chi connectivity index (χ4n) is 5.11. The smallest absolute Gasteiger partial charge is 0.144 e. The number of aliphatic imine (C=N–C) groups is 1. The van der Waals surface area contributed by atoms with Gasteiger partial charge in [-0.15, -0.1) is 0 Å². The van der Waals surface area contributed by atoms with Crippen molar-refractivity contribution in [3.63, 3.8) is 0 Å². The minimum Gasteiger partial charge on any atom is -0.375 e. The van der Waals surface area contributed by atoms with Crippen LogP contribution in [0.4, 0.5) is 11.4 Å². The Morgan fingerprint density at radius 3 is 2.53 bits per heavy atom. The molecule has 30 heavy (non-hydrogen) atoms. The zero-order valence-electron chi connectivity index (χ0n) is 18.1. The van der Waals surface area contributed by atoms with Gasteiger partial charge in [0.05, 0.1) is 23.3 Å². The molecule has 1 saturated carbocycles. The van der Waals surface area contributed by atoms with Crippen LogP contribution in [0.1, 0.15) is 49.4 Å². The molecule has 0 amide bonds. The van der Waals surface area contributed by atoms with Gasteiger partial charge in [0.1, 0.15) is 5.78 Å². The van der Waals surface area contributed by atoms with Gasteiger partial charge in [-0.1, -0.05) is 56.3 Å². The average Bonchev–Trinajstić information content (AvgIpc) is 2.83. The second kappa shape index (κ2) is 6.80. The summed E-state index contributed by atoms with van der Waals surface area (Å²) in [5, 5.41) is 6.15. The lowest BCUT2D eigenvalue weighted by atomic mass is 9.68. The largest absolute Gasteiger partial charge is 0.375 e. The molecule has 0 aromatic heterocycles. The average molecular weight is 397 g/mol. The molecule has 0 radical (unpaired) electrons. The van der Waals surface area contributed by atoms with E-state index in [1.807, 2.05) is 0 Å². The molecule has 3 heteroatoms. The monoisotopic (exact) mass is 396 g/mol. The van der Waals surface area contributed by atoms with E-state index in [2.05, 4.69) is 87.6 Å². The Bertz CT molecular complexity index is 1200. The Balaban J connectivity index is 1.75. The minimum absolute atomic E-state index is 0.0556. The number of hydrogen-bond donors (Lipinski definition) is 1. The lowest BCUT2D eigenvalue weighted by Crippen LogP contribution is -2.42. The zero-order chi connectivity index (χ0) is 21.0. The molecule has 2 atom stereocenters. The molecule has 1 aliphatic heterocycles. The van der Waals surface area contributed by atoms with Crippen molar-refractivity contribution >= 4 is 33.6 Å². The molecule has 3 aromatic rings. The maximum Gasteiger partial charge on any atom is 0.144 e. The van der Waals surface area contributed by atoms with Crippen molar-refractivity contribution in [2.75, 3.05) is 5.32 Å². The molecule has 1 aliphatic carbocycles. The van der Waals surface area contributed by atoms with Crippen LogP contribution < -0.4 is 5.32 Å². The van der Waals surface area contributed by atoms with Gasteiger partial charge in [0.2, 0.25) is 0 Å². The molecule has 1 N–H and O–H groups in total. The maximum absolute atomic E-state index is 13.5. The van der Waals surface area contributed by atoms with E-state index in [0.29, 0.717) is 6.42 Å². The summed E-state index contributed by atoms with van der Waals surface area (Å²) in [6, 6.07) is 19.0. The van der Waals surface area contributed by atoms with Crippen LogP contribution in [-0.4, -0.2) is 11.5 Å². The Hall–Kier alpha value is -2.94. The van der Waals surface area contributed by atoms with Gasteiger partial charge in [-0.25, -0.2) is 0 Å². The molecular formula is C27H28N2O. The van der Waals surface area contributed by atoms with E-state index >= 15 is 0 Å². The van der Waals surface area contributed by atoms with Crippen LogP contribution in [0.2, 0.25) is 0 Å². The quantitative estimate of drug-likeness (QED) is 0.497. The summed E-state index contributed by atoms with van der Waals surface area (Å²) in [5.41, 5.74) is 6.56. The zero-order valence-corrected chi connectivity index (χ0v) is 18.1. The number of aryl methyl sites for hydroxylation is 2. The van der Waals surface area contributed by atoms with Gasteiger partial charge in [0.15, 0.2) is 0 Å². The molecule has 1 heterocycles. The number of ketones is 1. The highest BCUT2D eigenvalue weighted by atomic mass is 16.1. The number of carbonyl (C=O) groups is 1. The van der Waals surface area contributed by atoms with Gasteiger partial charge >= 0.3 is 0 Å². The number of rotatable bonds is 1. The molecule has 0 saturated heterocycles. The molecule has 3 nitrogen and oxygen atoms in total. The Kier molecular flexibility index (Phi) is 4.32. The van der Waals surface area contributed by atoms with Gasteiger partial charge in [0, 0.05) is 12.1 Å². The molecule has 152 valence electrons. The molecule has 1 fully saturated rings. The molecule has 3 aromatic carbocycles. The summed E-state index contributed by atoms with van der Waals surface area (Å²) in [5.74, 6) is 0.0496. The maximum atomic E-state index is 13.5. The van der Waals surface area contributed by atoms with Crippen LogP contribution in [-0.2, 0) is 4.79 Å². The first-order valence-corrected chi connectivity index (χ1v) is 10.8. The summed E-state index contributed by atoms with van der Waals surface area (Å²) in [6.07, 6.45) is 1.44. The highest BCUT2D eigenvalue weighted by molar-refractivity contribution is 6.11. The molecule has 2 aliphatic rings. The number of hydrogen-bond acceptors (Lipinski definition) is 3. The van der Waals surface area contributed by atoms with E-state index in [1.165, 1.54) is 27.5 Å². The fourth-order valence-corrected chi connectivity index (χ4v) is 5.11. The van der Waals surface area contributed by atoms with Crippen LogP contribution in [0.25, 0.3) is 10.8 Å². The predicted molar refractivity (Wildman–Crippen MR) is 125 cm³/mol. The van der Waals surface area contributed by atoms with Crippen LogP contribution in [0, 0.1) is 25.2 Å². The SMILES string of the molecule is Cc1cc2c(cc1C)NC(c1cccc3ccccc13)C1C(=O)CC(C)(C)CC1=N2. The van der Waals surface area contributed by atoms with Crippen molar-refractivity contribution in [3.8, 4) is 0 Å². The molecule has 0 spiro atoms. The third kappa shape index (κ3) is 3.13. The summed E-state index contributed by atoms with van der Waals surface area (Å²) >= 11 is 0. The van der Waals surface area contributed by atoms with E-state index in [1.54, 1.807) is 0 Å². The number of carbonyl (C=O) groups excluding carboxylic acids is 1. The number of nitrogens with one attached hydrogen (secondary N) is 1. The second-order valence-electron chi connectivity index (χ2n) is 9.71. The molecule has 2 unspecified atom stereocenters. The summed E-state index contributed by atoms with van der Waals surface area (Å²) in [4.78, 5) is 18.6. The van der Waals surface area contributed by atoms with Crippen molar-refractivity contribution in [2.24, 2.45) is 16.3 Å². The number of benzene rings is 3.